The third-order valence-corrected chi connectivity index (χ3v) is 8.21. The van der Waals surface area contributed by atoms with Crippen LogP contribution in [-0.4, -0.2) is 47.3 Å². The lowest BCUT2D eigenvalue weighted by atomic mass is 9.96. The van der Waals surface area contributed by atoms with Crippen molar-refractivity contribution in [1.82, 2.24) is 9.55 Å². The van der Waals surface area contributed by atoms with Crippen molar-refractivity contribution in [3.63, 3.8) is 0 Å². The molecule has 0 bridgehead atoms. The van der Waals surface area contributed by atoms with Crippen LogP contribution in [-0.2, 0) is 7.05 Å². The van der Waals surface area contributed by atoms with E-state index in [1.54, 1.807) is 31.3 Å². The molecule has 1 aliphatic carbocycles. The number of nitrogens with one attached hydrogen (secondary N) is 2. The molecule has 0 radical (unpaired) electrons. The number of ether oxygens (including phenoxy) is 1. The Balaban J connectivity index is 1.41. The largest absolute Gasteiger partial charge is 0.480 e. The normalized spacial score (nSPS) is 23.9. The maximum Gasteiger partial charge on any atom is 0.301 e. The third kappa shape index (κ3) is 4.69. The molecule has 4 N–H and O–H groups in total. The molecule has 0 unspecified atom stereocenters. The SMILES string of the molecule is [C-]#[N+]c1cc(Cl)c(Nc2ccc3c(c2)c2c(c(=O)n3C)OCC(F)(F)[C@H](C3CC3)N2)nc1N1C[C@@H](C)C[C@@H](N)C1. The molecule has 2 aromatic heterocycles. The van der Waals surface area contributed by atoms with Gasteiger partial charge in [0, 0.05) is 37.3 Å². The highest BCUT2D eigenvalue weighted by atomic mass is 35.5. The minimum atomic E-state index is -3.12. The van der Waals surface area contributed by atoms with E-state index in [9.17, 15) is 13.6 Å². The van der Waals surface area contributed by atoms with E-state index < -0.39 is 24.1 Å². The summed E-state index contributed by atoms with van der Waals surface area (Å²) in [5.41, 5.74) is 7.50. The molecule has 1 aromatic carbocycles. The number of aromatic nitrogens is 2. The summed E-state index contributed by atoms with van der Waals surface area (Å²) < 4.78 is 36.8. The van der Waals surface area contributed by atoms with E-state index >= 15 is 0 Å². The van der Waals surface area contributed by atoms with Crippen LogP contribution >= 0.6 is 11.6 Å². The van der Waals surface area contributed by atoms with Crippen LogP contribution in [0.2, 0.25) is 5.02 Å². The number of hydrogen-bond acceptors (Lipinski definition) is 7. The minimum absolute atomic E-state index is 0.0276. The molecule has 3 atom stereocenters. The molecular formula is C28H30ClF2N7O2. The summed E-state index contributed by atoms with van der Waals surface area (Å²) in [6.07, 6.45) is 2.30. The van der Waals surface area contributed by atoms with Crippen molar-refractivity contribution in [2.75, 3.05) is 35.2 Å². The molecule has 210 valence electrons. The number of nitrogens with two attached hydrogens (primary N) is 1. The Morgan fingerprint density at radius 1 is 1.30 bits per heavy atom. The van der Waals surface area contributed by atoms with Gasteiger partial charge in [-0.3, -0.25) is 4.79 Å². The Morgan fingerprint density at radius 3 is 2.77 bits per heavy atom. The summed E-state index contributed by atoms with van der Waals surface area (Å²) in [6.45, 7) is 10.2. The van der Waals surface area contributed by atoms with E-state index in [1.165, 1.54) is 4.57 Å². The van der Waals surface area contributed by atoms with E-state index in [4.69, 9.17) is 33.6 Å². The fourth-order valence-electron chi connectivity index (χ4n) is 5.87. The van der Waals surface area contributed by atoms with Gasteiger partial charge in [-0.15, -0.1) is 0 Å². The van der Waals surface area contributed by atoms with Gasteiger partial charge in [-0.25, -0.2) is 18.6 Å². The number of pyridine rings is 2. The maximum atomic E-state index is 15.0. The van der Waals surface area contributed by atoms with Crippen LogP contribution in [0.1, 0.15) is 26.2 Å². The van der Waals surface area contributed by atoms with Crippen LogP contribution in [0.4, 0.5) is 37.5 Å². The van der Waals surface area contributed by atoms with Crippen LogP contribution in [0.5, 0.6) is 5.75 Å². The Morgan fingerprint density at radius 2 is 2.08 bits per heavy atom. The summed E-state index contributed by atoms with van der Waals surface area (Å²) in [4.78, 5) is 23.4. The van der Waals surface area contributed by atoms with Crippen LogP contribution < -0.4 is 31.6 Å². The van der Waals surface area contributed by atoms with Crippen LogP contribution in [0.25, 0.3) is 15.7 Å². The van der Waals surface area contributed by atoms with Gasteiger partial charge < -0.3 is 30.6 Å². The standard InChI is InChI=1S/C28H30ClF2N7O2/c1-14-8-16(32)12-38(11-14)26-20(33-2)10-19(29)25(36-26)34-17-6-7-21-18(9-17)22-23(27(39)37(21)3)40-13-28(30,31)24(35-22)15-4-5-15/h6-7,9-10,14-16,24,35H,4-5,8,11-13,32H2,1,3H3,(H,34,36)/t14-,16+,24-/m0/s1. The van der Waals surface area contributed by atoms with Crippen molar-refractivity contribution in [2.45, 2.75) is 44.2 Å². The van der Waals surface area contributed by atoms with Crippen LogP contribution in [0, 0.1) is 18.4 Å². The molecule has 0 spiro atoms. The van der Waals surface area contributed by atoms with Gasteiger partial charge in [-0.05, 0) is 55.4 Å². The highest BCUT2D eigenvalue weighted by molar-refractivity contribution is 6.33. The average Bonchev–Trinajstić information content (AvgIpc) is 3.75. The second-order valence-electron chi connectivity index (χ2n) is 11.2. The smallest absolute Gasteiger partial charge is 0.301 e. The lowest BCUT2D eigenvalue weighted by molar-refractivity contribution is -0.0579. The second-order valence-corrected chi connectivity index (χ2v) is 11.6. The van der Waals surface area contributed by atoms with Gasteiger partial charge in [0.2, 0.25) is 11.4 Å². The van der Waals surface area contributed by atoms with E-state index in [-0.39, 0.29) is 28.4 Å². The highest BCUT2D eigenvalue weighted by Gasteiger charge is 2.51. The highest BCUT2D eigenvalue weighted by Crippen LogP contribution is 2.46. The number of hydrogen-bond donors (Lipinski definition) is 3. The second kappa shape index (κ2) is 9.78. The number of alkyl halides is 2. The van der Waals surface area contributed by atoms with Gasteiger partial charge in [0.25, 0.3) is 5.56 Å². The van der Waals surface area contributed by atoms with Gasteiger partial charge in [0.05, 0.1) is 28.8 Å². The minimum Gasteiger partial charge on any atom is -0.480 e. The molecule has 1 saturated carbocycles. The first-order valence-electron chi connectivity index (χ1n) is 13.3. The van der Waals surface area contributed by atoms with Crippen molar-refractivity contribution < 1.29 is 13.5 Å². The first kappa shape index (κ1) is 26.6. The third-order valence-electron chi connectivity index (χ3n) is 7.92. The molecule has 9 nitrogen and oxygen atoms in total. The molecule has 3 aliphatic rings. The van der Waals surface area contributed by atoms with Gasteiger partial charge >= 0.3 is 5.92 Å². The van der Waals surface area contributed by atoms with E-state index in [1.807, 2.05) is 4.90 Å². The Kier molecular flexibility index (Phi) is 6.50. The number of benzene rings is 1. The topological polar surface area (TPSA) is 102 Å². The van der Waals surface area contributed by atoms with Gasteiger partial charge in [-0.1, -0.05) is 18.5 Å². The summed E-state index contributed by atoms with van der Waals surface area (Å²) in [5, 5.41) is 7.03. The molecule has 12 heteroatoms. The predicted octanol–water partition coefficient (Wildman–Crippen LogP) is 5.27. The molecular weight excluding hydrogens is 540 g/mol. The van der Waals surface area contributed by atoms with E-state index in [0.29, 0.717) is 59.2 Å². The van der Waals surface area contributed by atoms with Crippen molar-refractivity contribution in [3.05, 3.63) is 51.1 Å². The maximum absolute atomic E-state index is 15.0. The fourth-order valence-corrected chi connectivity index (χ4v) is 6.06. The van der Waals surface area contributed by atoms with Crippen molar-refractivity contribution in [3.8, 4) is 5.75 Å². The zero-order valence-electron chi connectivity index (χ0n) is 22.2. The van der Waals surface area contributed by atoms with Crippen molar-refractivity contribution >= 4 is 51.2 Å². The average molecular weight is 570 g/mol. The lowest BCUT2D eigenvalue weighted by Crippen LogP contribution is -2.46. The van der Waals surface area contributed by atoms with E-state index in [2.05, 4.69) is 22.4 Å². The zero-order valence-corrected chi connectivity index (χ0v) is 22.9. The van der Waals surface area contributed by atoms with Gasteiger partial charge in [0.1, 0.15) is 11.6 Å². The van der Waals surface area contributed by atoms with E-state index in [0.717, 1.165) is 13.0 Å². The number of anilines is 4. The molecule has 2 fully saturated rings. The first-order valence-corrected chi connectivity index (χ1v) is 13.7. The molecule has 3 aromatic rings. The Labute approximate surface area is 235 Å². The number of nitrogens with zero attached hydrogens (tertiary/aromatic N) is 4. The molecule has 40 heavy (non-hydrogen) atoms. The molecule has 2 aliphatic heterocycles. The molecule has 1 saturated heterocycles. The zero-order chi connectivity index (χ0) is 28.3. The molecule has 0 amide bonds. The summed E-state index contributed by atoms with van der Waals surface area (Å²) in [7, 11) is 1.58. The number of rotatable bonds is 4. The summed E-state index contributed by atoms with van der Waals surface area (Å²) >= 11 is 6.55. The predicted molar refractivity (Wildman–Crippen MR) is 153 cm³/mol. The van der Waals surface area contributed by atoms with Crippen molar-refractivity contribution in [2.24, 2.45) is 24.6 Å². The quantitative estimate of drug-likeness (QED) is 0.368. The Hall–Kier alpha value is -3.62. The Bertz CT molecular complexity index is 1590. The van der Waals surface area contributed by atoms with Crippen molar-refractivity contribution in [1.29, 1.82) is 0 Å². The van der Waals surface area contributed by atoms with Crippen LogP contribution in [0.15, 0.2) is 29.1 Å². The lowest BCUT2D eigenvalue weighted by Gasteiger charge is -2.36. The molecule has 4 heterocycles. The van der Waals surface area contributed by atoms with Gasteiger partial charge in [0.15, 0.2) is 6.61 Å². The van der Waals surface area contributed by atoms with Gasteiger partial charge in [-0.2, -0.15) is 0 Å². The summed E-state index contributed by atoms with van der Waals surface area (Å²) in [5.74, 6) is -2.23. The number of piperidine rings is 1. The monoisotopic (exact) mass is 569 g/mol. The van der Waals surface area contributed by atoms with Crippen LogP contribution in [0.3, 0.4) is 0 Å². The number of aryl methyl sites for hydroxylation is 1. The molecule has 6 rings (SSSR count). The number of fused-ring (bicyclic) bond motifs is 3. The number of halogens is 3. The summed E-state index contributed by atoms with van der Waals surface area (Å²) in [6, 6.07) is 5.69. The fraction of sp³-hybridized carbons (Fsp3) is 0.464. The first-order chi connectivity index (χ1) is 19.1.